The maximum atomic E-state index is 11.6. The number of benzene rings is 1. The summed E-state index contributed by atoms with van der Waals surface area (Å²) in [5, 5.41) is 5.99. The summed E-state index contributed by atoms with van der Waals surface area (Å²) in [6.07, 6.45) is 1.90. The third-order valence-corrected chi connectivity index (χ3v) is 3.21. The Kier molecular flexibility index (Phi) is 5.95. The van der Waals surface area contributed by atoms with Crippen LogP contribution in [0.25, 0.3) is 0 Å². The van der Waals surface area contributed by atoms with E-state index in [1.54, 1.807) is 0 Å². The molecule has 1 amide bonds. The number of hydrogen-bond donors (Lipinski definition) is 2. The van der Waals surface area contributed by atoms with E-state index < -0.39 is 0 Å². The van der Waals surface area contributed by atoms with E-state index in [1.165, 1.54) is 0 Å². The van der Waals surface area contributed by atoms with Gasteiger partial charge in [0, 0.05) is 12.5 Å². The van der Waals surface area contributed by atoms with Crippen molar-refractivity contribution in [3.05, 3.63) is 24.3 Å². The lowest BCUT2D eigenvalue weighted by Gasteiger charge is -2.14. The van der Waals surface area contributed by atoms with Gasteiger partial charge in [-0.1, -0.05) is 12.1 Å². The molecule has 1 aromatic rings. The second-order valence-electron chi connectivity index (χ2n) is 4.76. The van der Waals surface area contributed by atoms with Crippen LogP contribution in [-0.4, -0.2) is 30.8 Å². The first-order chi connectivity index (χ1) is 10.2. The molecule has 2 rings (SSSR count). The summed E-state index contributed by atoms with van der Waals surface area (Å²) < 4.78 is 10.9. The van der Waals surface area contributed by atoms with Gasteiger partial charge < -0.3 is 20.1 Å². The van der Waals surface area contributed by atoms with E-state index in [9.17, 15) is 4.79 Å². The largest absolute Gasteiger partial charge is 0.489 e. The molecule has 0 bridgehead atoms. The molecular formula is C15H20N2O3S. The molecular weight excluding hydrogens is 288 g/mol. The number of nitrogens with one attached hydrogen (secondary N) is 2. The fourth-order valence-corrected chi connectivity index (χ4v) is 1.97. The SMILES string of the molecule is CCOCCOc1ccccc1NC(=S)NC(=O)C1CC1. The molecule has 2 N–H and O–H groups in total. The summed E-state index contributed by atoms with van der Waals surface area (Å²) in [7, 11) is 0. The van der Waals surface area contributed by atoms with E-state index in [4.69, 9.17) is 21.7 Å². The van der Waals surface area contributed by atoms with Gasteiger partial charge in [-0.25, -0.2) is 0 Å². The zero-order valence-electron chi connectivity index (χ0n) is 12.1. The minimum atomic E-state index is -0.0118. The van der Waals surface area contributed by atoms with Crippen LogP contribution in [0.4, 0.5) is 5.69 Å². The first-order valence-electron chi connectivity index (χ1n) is 7.12. The summed E-state index contributed by atoms with van der Waals surface area (Å²) in [6, 6.07) is 7.46. The van der Waals surface area contributed by atoms with Crippen molar-refractivity contribution in [2.45, 2.75) is 19.8 Å². The molecule has 114 valence electrons. The highest BCUT2D eigenvalue weighted by atomic mass is 32.1. The van der Waals surface area contributed by atoms with Crippen LogP contribution < -0.4 is 15.4 Å². The van der Waals surface area contributed by atoms with Crippen molar-refractivity contribution >= 4 is 28.9 Å². The van der Waals surface area contributed by atoms with Crippen LogP contribution in [0.3, 0.4) is 0 Å². The highest BCUT2D eigenvalue weighted by Gasteiger charge is 2.30. The van der Waals surface area contributed by atoms with Crippen LogP contribution in [-0.2, 0) is 9.53 Å². The van der Waals surface area contributed by atoms with E-state index in [0.29, 0.717) is 30.7 Å². The number of hydrogen-bond acceptors (Lipinski definition) is 4. The first kappa shape index (κ1) is 15.7. The zero-order valence-corrected chi connectivity index (χ0v) is 12.9. The zero-order chi connectivity index (χ0) is 15.1. The molecule has 1 fully saturated rings. The number of amides is 1. The highest BCUT2D eigenvalue weighted by molar-refractivity contribution is 7.80. The number of para-hydroxylation sites is 2. The summed E-state index contributed by atoms with van der Waals surface area (Å²) >= 11 is 5.15. The Hall–Kier alpha value is -1.66. The van der Waals surface area contributed by atoms with Crippen molar-refractivity contribution in [1.29, 1.82) is 0 Å². The predicted octanol–water partition coefficient (Wildman–Crippen LogP) is 2.32. The lowest BCUT2D eigenvalue weighted by molar-refractivity contribution is -0.120. The van der Waals surface area contributed by atoms with Crippen molar-refractivity contribution in [3.63, 3.8) is 0 Å². The van der Waals surface area contributed by atoms with Gasteiger partial charge in [-0.05, 0) is 44.1 Å². The van der Waals surface area contributed by atoms with Crippen molar-refractivity contribution in [2.75, 3.05) is 25.1 Å². The molecule has 5 nitrogen and oxygen atoms in total. The van der Waals surface area contributed by atoms with E-state index in [-0.39, 0.29) is 11.8 Å². The molecule has 0 aromatic heterocycles. The quantitative estimate of drug-likeness (QED) is 0.598. The molecule has 0 saturated heterocycles. The molecule has 1 aliphatic rings. The number of ether oxygens (including phenoxy) is 2. The molecule has 0 radical (unpaired) electrons. The number of anilines is 1. The molecule has 1 aliphatic carbocycles. The summed E-state index contributed by atoms with van der Waals surface area (Å²) in [6.45, 7) is 3.61. The van der Waals surface area contributed by atoms with Gasteiger partial charge in [0.25, 0.3) is 0 Å². The Balaban J connectivity index is 1.86. The fourth-order valence-electron chi connectivity index (χ4n) is 1.76. The normalized spacial score (nSPS) is 13.6. The molecule has 0 heterocycles. The summed E-state index contributed by atoms with van der Waals surface area (Å²) in [4.78, 5) is 11.6. The molecule has 1 saturated carbocycles. The predicted molar refractivity (Wildman–Crippen MR) is 85.5 cm³/mol. The Bertz CT molecular complexity index is 503. The monoisotopic (exact) mass is 308 g/mol. The Morgan fingerprint density at radius 1 is 1.33 bits per heavy atom. The third-order valence-electron chi connectivity index (χ3n) is 3.01. The van der Waals surface area contributed by atoms with Crippen LogP contribution in [0.2, 0.25) is 0 Å². The maximum Gasteiger partial charge on any atom is 0.229 e. The van der Waals surface area contributed by atoms with Crippen LogP contribution >= 0.6 is 12.2 Å². The Labute approximate surface area is 130 Å². The molecule has 0 atom stereocenters. The average molecular weight is 308 g/mol. The van der Waals surface area contributed by atoms with Crippen molar-refractivity contribution in [1.82, 2.24) is 5.32 Å². The fraction of sp³-hybridized carbons (Fsp3) is 0.467. The van der Waals surface area contributed by atoms with Crippen LogP contribution in [0.5, 0.6) is 5.75 Å². The van der Waals surface area contributed by atoms with Gasteiger partial charge in [0.15, 0.2) is 5.11 Å². The van der Waals surface area contributed by atoms with Gasteiger partial charge in [0.1, 0.15) is 12.4 Å². The topological polar surface area (TPSA) is 59.6 Å². The number of rotatable bonds is 7. The highest BCUT2D eigenvalue weighted by Crippen LogP contribution is 2.29. The van der Waals surface area contributed by atoms with Gasteiger partial charge >= 0.3 is 0 Å². The van der Waals surface area contributed by atoms with E-state index in [1.807, 2.05) is 31.2 Å². The van der Waals surface area contributed by atoms with Crippen LogP contribution in [0.15, 0.2) is 24.3 Å². The number of carbonyl (C=O) groups is 1. The van der Waals surface area contributed by atoms with Crippen molar-refractivity contribution in [3.8, 4) is 5.75 Å². The molecule has 0 spiro atoms. The van der Waals surface area contributed by atoms with Crippen molar-refractivity contribution < 1.29 is 14.3 Å². The molecule has 1 aromatic carbocycles. The molecule has 6 heteroatoms. The minimum Gasteiger partial charge on any atom is -0.489 e. The lowest BCUT2D eigenvalue weighted by atomic mass is 10.3. The summed E-state index contributed by atoms with van der Waals surface area (Å²) in [5.41, 5.74) is 0.732. The second-order valence-corrected chi connectivity index (χ2v) is 5.17. The van der Waals surface area contributed by atoms with Crippen molar-refractivity contribution in [2.24, 2.45) is 5.92 Å². The van der Waals surface area contributed by atoms with E-state index >= 15 is 0 Å². The van der Waals surface area contributed by atoms with Crippen LogP contribution in [0, 0.1) is 5.92 Å². The Morgan fingerprint density at radius 2 is 2.10 bits per heavy atom. The number of carbonyl (C=O) groups excluding carboxylic acids is 1. The van der Waals surface area contributed by atoms with Gasteiger partial charge in [0.2, 0.25) is 5.91 Å². The first-order valence-corrected chi connectivity index (χ1v) is 7.53. The second kappa shape index (κ2) is 7.95. The molecule has 0 aliphatic heterocycles. The summed E-state index contributed by atoms with van der Waals surface area (Å²) in [5.74, 6) is 0.796. The van der Waals surface area contributed by atoms with Gasteiger partial charge in [-0.3, -0.25) is 4.79 Å². The minimum absolute atomic E-state index is 0.0118. The average Bonchev–Trinajstić information content (AvgIpc) is 3.29. The molecule has 21 heavy (non-hydrogen) atoms. The van der Waals surface area contributed by atoms with Gasteiger partial charge in [-0.2, -0.15) is 0 Å². The van der Waals surface area contributed by atoms with Crippen LogP contribution in [0.1, 0.15) is 19.8 Å². The van der Waals surface area contributed by atoms with Gasteiger partial charge in [-0.15, -0.1) is 0 Å². The van der Waals surface area contributed by atoms with E-state index in [0.717, 1.165) is 18.5 Å². The smallest absolute Gasteiger partial charge is 0.229 e. The lowest BCUT2D eigenvalue weighted by Crippen LogP contribution is -2.35. The maximum absolute atomic E-state index is 11.6. The van der Waals surface area contributed by atoms with Gasteiger partial charge in [0.05, 0.1) is 12.3 Å². The molecule has 0 unspecified atom stereocenters. The number of thiocarbonyl (C=S) groups is 1. The Morgan fingerprint density at radius 3 is 2.81 bits per heavy atom. The van der Waals surface area contributed by atoms with E-state index in [2.05, 4.69) is 10.6 Å². The standard InChI is InChI=1S/C15H20N2O3S/c1-2-19-9-10-20-13-6-4-3-5-12(13)16-15(21)17-14(18)11-7-8-11/h3-6,11H,2,7-10H2,1H3,(H2,16,17,18,21). The third kappa shape index (κ3) is 5.32.